The average molecular weight is 405 g/mol. The van der Waals surface area contributed by atoms with Crippen LogP contribution in [-0.2, 0) is 11.0 Å². The number of hydrogen-bond acceptors (Lipinski definition) is 1. The Morgan fingerprint density at radius 2 is 1.55 bits per heavy atom. The summed E-state index contributed by atoms with van der Waals surface area (Å²) in [5.41, 5.74) is 1.31. The summed E-state index contributed by atoms with van der Waals surface area (Å²) < 4.78 is 52.1. The molecule has 2 nitrogen and oxygen atoms in total. The van der Waals surface area contributed by atoms with Crippen LogP contribution in [0.15, 0.2) is 42.5 Å². The Kier molecular flexibility index (Phi) is 5.36. The van der Waals surface area contributed by atoms with Crippen LogP contribution in [0, 0.1) is 11.7 Å². The number of hydrogen-bond donors (Lipinski definition) is 1. The first kappa shape index (κ1) is 19.9. The van der Waals surface area contributed by atoms with Crippen molar-refractivity contribution in [3.05, 3.63) is 65.0 Å². The molecule has 2 aliphatic carbocycles. The number of carbonyl (C=O) groups is 1. The van der Waals surface area contributed by atoms with Crippen LogP contribution in [-0.4, -0.2) is 5.91 Å². The van der Waals surface area contributed by atoms with Crippen molar-refractivity contribution in [1.82, 2.24) is 0 Å². The quantitative estimate of drug-likeness (QED) is 0.568. The molecule has 29 heavy (non-hydrogen) atoms. The van der Waals surface area contributed by atoms with Gasteiger partial charge in [0.05, 0.1) is 11.3 Å². The largest absolute Gasteiger partial charge is 0.416 e. The van der Waals surface area contributed by atoms with E-state index in [1.807, 2.05) is 0 Å². The summed E-state index contributed by atoms with van der Waals surface area (Å²) in [6, 6.07) is 10.8. The lowest BCUT2D eigenvalue weighted by molar-refractivity contribution is -0.137. The van der Waals surface area contributed by atoms with Crippen LogP contribution in [0.25, 0.3) is 0 Å². The van der Waals surface area contributed by atoms with E-state index in [0.717, 1.165) is 25.0 Å². The second-order valence-corrected chi connectivity index (χ2v) is 8.18. The van der Waals surface area contributed by atoms with Gasteiger partial charge in [-0.05, 0) is 73.3 Å². The molecule has 154 valence electrons. The molecule has 0 heterocycles. The number of carbonyl (C=O) groups excluding carboxylic acids is 1. The lowest BCUT2D eigenvalue weighted by atomic mass is 9.77. The first-order valence-corrected chi connectivity index (χ1v) is 10.1. The Hall–Kier alpha value is -2.37. The zero-order chi connectivity index (χ0) is 20.6. The molecule has 0 spiro atoms. The second kappa shape index (κ2) is 7.81. The minimum atomic E-state index is -4.62. The first-order chi connectivity index (χ1) is 13.8. The van der Waals surface area contributed by atoms with Gasteiger partial charge in [-0.1, -0.05) is 30.7 Å². The minimum Gasteiger partial charge on any atom is -0.323 e. The Bertz CT molecular complexity index is 887. The van der Waals surface area contributed by atoms with E-state index in [9.17, 15) is 22.4 Å². The highest BCUT2D eigenvalue weighted by molar-refractivity contribution is 5.92. The van der Waals surface area contributed by atoms with Crippen LogP contribution in [0.4, 0.5) is 23.2 Å². The van der Waals surface area contributed by atoms with Crippen LogP contribution in [0.1, 0.15) is 67.1 Å². The van der Waals surface area contributed by atoms with E-state index in [-0.39, 0.29) is 23.4 Å². The fraction of sp³-hybridized carbons (Fsp3) is 0.435. The van der Waals surface area contributed by atoms with Crippen LogP contribution in [0.2, 0.25) is 0 Å². The standard InChI is InChI=1S/C23H23F4NO/c24-20-13-19(23(25,26)27)10-11-21(20)28-22(29)18-3-1-2-17(12-18)16-8-6-15(7-9-16)14-4-5-14/h6-11,13-14,17-18H,1-5,12H2,(H,28,29). The molecule has 2 aromatic carbocycles. The van der Waals surface area contributed by atoms with E-state index in [2.05, 4.69) is 29.6 Å². The van der Waals surface area contributed by atoms with Crippen LogP contribution in [0.3, 0.4) is 0 Å². The number of halogens is 4. The number of nitrogens with one attached hydrogen (secondary N) is 1. The fourth-order valence-electron chi connectivity index (χ4n) is 4.22. The molecule has 2 saturated carbocycles. The summed E-state index contributed by atoms with van der Waals surface area (Å²) in [4.78, 5) is 12.6. The van der Waals surface area contributed by atoms with Gasteiger partial charge in [-0.15, -0.1) is 0 Å². The van der Waals surface area contributed by atoms with Crippen molar-refractivity contribution in [2.24, 2.45) is 5.92 Å². The molecule has 6 heteroatoms. The molecule has 0 aliphatic heterocycles. The maximum atomic E-state index is 14.0. The van der Waals surface area contributed by atoms with Crippen molar-refractivity contribution in [2.75, 3.05) is 5.32 Å². The molecule has 2 aliphatic rings. The molecule has 2 unspecified atom stereocenters. The van der Waals surface area contributed by atoms with Crippen molar-refractivity contribution in [2.45, 2.75) is 56.5 Å². The van der Waals surface area contributed by atoms with Crippen molar-refractivity contribution in [3.63, 3.8) is 0 Å². The van der Waals surface area contributed by atoms with Crippen molar-refractivity contribution in [3.8, 4) is 0 Å². The van der Waals surface area contributed by atoms with Gasteiger partial charge in [-0.3, -0.25) is 4.79 Å². The van der Waals surface area contributed by atoms with Gasteiger partial charge in [0, 0.05) is 5.92 Å². The molecule has 4 rings (SSSR count). The molecule has 2 fully saturated rings. The van der Waals surface area contributed by atoms with Gasteiger partial charge < -0.3 is 5.32 Å². The highest BCUT2D eigenvalue weighted by Gasteiger charge is 2.32. The Labute approximate surface area is 167 Å². The molecule has 2 aromatic rings. The van der Waals surface area contributed by atoms with Gasteiger partial charge in [0.1, 0.15) is 5.82 Å². The molecular formula is C23H23F4NO. The normalized spacial score (nSPS) is 22.3. The molecule has 0 bridgehead atoms. The summed E-state index contributed by atoms with van der Waals surface area (Å²) in [5, 5.41) is 2.48. The van der Waals surface area contributed by atoms with Gasteiger partial charge >= 0.3 is 6.18 Å². The summed E-state index contributed by atoms with van der Waals surface area (Å²) in [5.74, 6) is -0.713. The molecular weight excluding hydrogens is 382 g/mol. The first-order valence-electron chi connectivity index (χ1n) is 10.1. The Morgan fingerprint density at radius 1 is 0.897 bits per heavy atom. The Balaban J connectivity index is 1.41. The molecule has 1 amide bonds. The van der Waals surface area contributed by atoms with E-state index >= 15 is 0 Å². The van der Waals surface area contributed by atoms with E-state index in [0.29, 0.717) is 24.8 Å². The predicted molar refractivity (Wildman–Crippen MR) is 103 cm³/mol. The molecule has 2 atom stereocenters. The third-order valence-corrected chi connectivity index (χ3v) is 6.06. The van der Waals surface area contributed by atoms with Gasteiger partial charge in [0.15, 0.2) is 0 Å². The lowest BCUT2D eigenvalue weighted by Crippen LogP contribution is -2.28. The topological polar surface area (TPSA) is 29.1 Å². The highest BCUT2D eigenvalue weighted by Crippen LogP contribution is 2.42. The summed E-state index contributed by atoms with van der Waals surface area (Å²) >= 11 is 0. The molecule has 0 aromatic heterocycles. The molecule has 1 N–H and O–H groups in total. The van der Waals surface area contributed by atoms with Gasteiger partial charge in [-0.25, -0.2) is 4.39 Å². The number of anilines is 1. The zero-order valence-electron chi connectivity index (χ0n) is 15.9. The van der Waals surface area contributed by atoms with E-state index in [1.165, 1.54) is 24.0 Å². The molecule has 0 radical (unpaired) electrons. The monoisotopic (exact) mass is 405 g/mol. The number of alkyl halides is 3. The smallest absolute Gasteiger partial charge is 0.323 e. The highest BCUT2D eigenvalue weighted by atomic mass is 19.4. The molecule has 0 saturated heterocycles. The van der Waals surface area contributed by atoms with Crippen molar-refractivity contribution >= 4 is 11.6 Å². The fourth-order valence-corrected chi connectivity index (χ4v) is 4.22. The van der Waals surface area contributed by atoms with Gasteiger partial charge in [0.2, 0.25) is 5.91 Å². The SMILES string of the molecule is O=C(Nc1ccc(C(F)(F)F)cc1F)C1CCCC(c2ccc(C3CC3)cc2)C1. The number of rotatable bonds is 4. The lowest BCUT2D eigenvalue weighted by Gasteiger charge is -2.29. The predicted octanol–water partition coefficient (Wildman–Crippen LogP) is 6.63. The number of amides is 1. The van der Waals surface area contributed by atoms with Crippen LogP contribution >= 0.6 is 0 Å². The third-order valence-electron chi connectivity index (χ3n) is 6.06. The maximum Gasteiger partial charge on any atom is 0.416 e. The van der Waals surface area contributed by atoms with Crippen molar-refractivity contribution in [1.29, 1.82) is 0 Å². The van der Waals surface area contributed by atoms with Crippen molar-refractivity contribution < 1.29 is 22.4 Å². The average Bonchev–Trinajstić information content (AvgIpc) is 3.54. The second-order valence-electron chi connectivity index (χ2n) is 8.18. The van der Waals surface area contributed by atoms with Gasteiger partial charge in [0.25, 0.3) is 0 Å². The minimum absolute atomic E-state index is 0.209. The zero-order valence-corrected chi connectivity index (χ0v) is 15.9. The Morgan fingerprint density at radius 3 is 2.14 bits per heavy atom. The summed E-state index contributed by atoms with van der Waals surface area (Å²) in [6.45, 7) is 0. The van der Waals surface area contributed by atoms with Gasteiger partial charge in [-0.2, -0.15) is 13.2 Å². The van der Waals surface area contributed by atoms with E-state index in [1.54, 1.807) is 0 Å². The third kappa shape index (κ3) is 4.62. The van der Waals surface area contributed by atoms with Crippen LogP contribution in [0.5, 0.6) is 0 Å². The summed E-state index contributed by atoms with van der Waals surface area (Å²) in [6.07, 6.45) is 1.15. The number of benzene rings is 2. The van der Waals surface area contributed by atoms with Crippen LogP contribution < -0.4 is 5.32 Å². The summed E-state index contributed by atoms with van der Waals surface area (Å²) in [7, 11) is 0. The maximum absolute atomic E-state index is 14.0. The van der Waals surface area contributed by atoms with E-state index in [4.69, 9.17) is 0 Å². The van der Waals surface area contributed by atoms with E-state index < -0.39 is 17.6 Å².